The molecular formula is C54H52. The summed E-state index contributed by atoms with van der Waals surface area (Å²) in [5.74, 6) is 0. The third kappa shape index (κ3) is 5.66. The Kier molecular flexibility index (Phi) is 8.65. The molecule has 0 aliphatic carbocycles. The summed E-state index contributed by atoms with van der Waals surface area (Å²) in [4.78, 5) is 0. The Balaban J connectivity index is 1.85. The van der Waals surface area contributed by atoms with Crippen LogP contribution in [-0.2, 0) is 0 Å². The Morgan fingerprint density at radius 2 is 0.481 bits per heavy atom. The molecule has 0 saturated carbocycles. The van der Waals surface area contributed by atoms with E-state index in [2.05, 4.69) is 180 Å². The highest BCUT2D eigenvalue weighted by Gasteiger charge is 2.29. The monoisotopic (exact) mass is 700 g/mol. The molecule has 0 aliphatic rings. The smallest absolute Gasteiger partial charge is 0.0000984 e. The summed E-state index contributed by atoms with van der Waals surface area (Å²) in [6.07, 6.45) is 0. The number of hydrogen-bond acceptors (Lipinski definition) is 0. The van der Waals surface area contributed by atoms with E-state index in [9.17, 15) is 0 Å². The van der Waals surface area contributed by atoms with Gasteiger partial charge in [0.2, 0.25) is 0 Å². The molecule has 0 heteroatoms. The van der Waals surface area contributed by atoms with Gasteiger partial charge in [0.05, 0.1) is 0 Å². The summed E-state index contributed by atoms with van der Waals surface area (Å²) < 4.78 is 0. The lowest BCUT2D eigenvalue weighted by Crippen LogP contribution is -2.02. The van der Waals surface area contributed by atoms with Crippen LogP contribution in [0, 0.1) is 83.1 Å². The third-order valence-corrected chi connectivity index (χ3v) is 12.1. The van der Waals surface area contributed by atoms with Gasteiger partial charge in [0.15, 0.2) is 0 Å². The van der Waals surface area contributed by atoms with E-state index in [0.717, 1.165) is 0 Å². The van der Waals surface area contributed by atoms with E-state index in [4.69, 9.17) is 0 Å². The van der Waals surface area contributed by atoms with Crippen LogP contribution in [0.15, 0.2) is 97.1 Å². The zero-order chi connectivity index (χ0) is 38.3. The Morgan fingerprint density at radius 3 is 0.778 bits per heavy atom. The molecule has 0 amide bonds. The van der Waals surface area contributed by atoms with Gasteiger partial charge in [0.1, 0.15) is 0 Å². The predicted molar refractivity (Wildman–Crippen MR) is 238 cm³/mol. The second kappa shape index (κ2) is 13.1. The zero-order valence-corrected chi connectivity index (χ0v) is 34.2. The summed E-state index contributed by atoms with van der Waals surface area (Å²) in [7, 11) is 0. The fourth-order valence-electron chi connectivity index (χ4n) is 9.46. The van der Waals surface area contributed by atoms with Gasteiger partial charge < -0.3 is 0 Å². The van der Waals surface area contributed by atoms with Gasteiger partial charge in [-0.1, -0.05) is 119 Å². The minimum atomic E-state index is 1.25. The fraction of sp³-hybridized carbons (Fsp3) is 0.222. The van der Waals surface area contributed by atoms with Gasteiger partial charge in [0, 0.05) is 0 Å². The van der Waals surface area contributed by atoms with Crippen molar-refractivity contribution in [3.05, 3.63) is 164 Å². The molecule has 54 heavy (non-hydrogen) atoms. The third-order valence-electron chi connectivity index (χ3n) is 12.1. The van der Waals surface area contributed by atoms with Gasteiger partial charge in [-0.05, 0) is 204 Å². The Hall–Kier alpha value is -5.46. The van der Waals surface area contributed by atoms with Crippen LogP contribution < -0.4 is 0 Å². The lowest BCUT2D eigenvalue weighted by molar-refractivity contribution is 1.32. The van der Waals surface area contributed by atoms with Crippen molar-refractivity contribution in [3.8, 4) is 44.5 Å². The van der Waals surface area contributed by atoms with E-state index in [1.807, 2.05) is 0 Å². The first-order chi connectivity index (χ1) is 25.7. The van der Waals surface area contributed by atoms with Crippen LogP contribution in [0.3, 0.4) is 0 Å². The van der Waals surface area contributed by atoms with E-state index < -0.39 is 0 Å². The van der Waals surface area contributed by atoms with Gasteiger partial charge in [-0.2, -0.15) is 0 Å². The first-order valence-corrected chi connectivity index (χ1v) is 19.5. The fourth-order valence-corrected chi connectivity index (χ4v) is 9.46. The van der Waals surface area contributed by atoms with E-state index >= 15 is 0 Å². The van der Waals surface area contributed by atoms with Gasteiger partial charge in [0.25, 0.3) is 0 Å². The van der Waals surface area contributed by atoms with E-state index in [1.165, 1.54) is 144 Å². The number of fused-ring (bicyclic) bond motifs is 3. The van der Waals surface area contributed by atoms with Crippen molar-refractivity contribution < 1.29 is 0 Å². The highest BCUT2D eigenvalue weighted by molar-refractivity contribution is 6.34. The Morgan fingerprint density at radius 1 is 0.222 bits per heavy atom. The molecule has 8 aromatic carbocycles. The standard InChI is InChI=1S/C54H52/c1-29-13-17-41(18-14-29)49-43-25-33(5)35(7)27-45(43)51(47-37(9)21-31(3)22-38(47)10)54-52(48-39(11)23-32(4)24-40(48)12)46-28-36(8)34(6)26-44(46)50(53(49)54)42-19-15-30(2)16-20-42/h13-28H,1-12H3. The summed E-state index contributed by atoms with van der Waals surface area (Å²) in [6, 6.07) is 38.0. The van der Waals surface area contributed by atoms with Crippen molar-refractivity contribution >= 4 is 32.3 Å². The number of hydrogen-bond donors (Lipinski definition) is 0. The highest BCUT2D eigenvalue weighted by atomic mass is 14.3. The molecule has 0 nitrogen and oxygen atoms in total. The van der Waals surface area contributed by atoms with E-state index in [1.54, 1.807) is 0 Å². The summed E-state index contributed by atoms with van der Waals surface area (Å²) in [5.41, 5.74) is 26.2. The maximum Gasteiger partial charge on any atom is -0.0000984 e. The highest BCUT2D eigenvalue weighted by Crippen LogP contribution is 2.55. The SMILES string of the molecule is Cc1ccc(-c2c3cc(C)c(C)cc3c(-c3c(C)cc(C)cc3C)c3c(-c4c(C)cc(C)cc4C)c4cc(C)c(C)cc4c(-c4ccc(C)cc4)c23)cc1. The molecule has 0 aromatic heterocycles. The van der Waals surface area contributed by atoms with Crippen molar-refractivity contribution in [1.29, 1.82) is 0 Å². The largest absolute Gasteiger partial charge is 0.0587 e. The Bertz CT molecular complexity index is 2600. The molecule has 0 fully saturated rings. The minimum Gasteiger partial charge on any atom is -0.0587 e. The van der Waals surface area contributed by atoms with Crippen molar-refractivity contribution in [2.45, 2.75) is 83.1 Å². The maximum absolute atomic E-state index is 2.49. The molecule has 0 atom stereocenters. The lowest BCUT2D eigenvalue weighted by Gasteiger charge is -2.28. The van der Waals surface area contributed by atoms with Crippen LogP contribution in [-0.4, -0.2) is 0 Å². The number of aryl methyl sites for hydroxylation is 12. The van der Waals surface area contributed by atoms with E-state index in [-0.39, 0.29) is 0 Å². The van der Waals surface area contributed by atoms with Crippen LogP contribution in [0.4, 0.5) is 0 Å². The Labute approximate surface area is 322 Å². The molecule has 8 rings (SSSR count). The summed E-state index contributed by atoms with van der Waals surface area (Å²) >= 11 is 0. The molecule has 0 radical (unpaired) electrons. The predicted octanol–water partition coefficient (Wildman–Crippen LogP) is 15.5. The normalized spacial score (nSPS) is 11.7. The second-order valence-corrected chi connectivity index (χ2v) is 16.5. The first-order valence-electron chi connectivity index (χ1n) is 19.5. The lowest BCUT2D eigenvalue weighted by atomic mass is 9.74. The van der Waals surface area contributed by atoms with Crippen LogP contribution in [0.1, 0.15) is 66.8 Å². The minimum absolute atomic E-state index is 1.25. The topological polar surface area (TPSA) is 0 Å². The average molecular weight is 701 g/mol. The number of rotatable bonds is 4. The van der Waals surface area contributed by atoms with Crippen molar-refractivity contribution in [2.24, 2.45) is 0 Å². The molecular weight excluding hydrogens is 649 g/mol. The van der Waals surface area contributed by atoms with Crippen molar-refractivity contribution in [1.82, 2.24) is 0 Å². The van der Waals surface area contributed by atoms with E-state index in [0.29, 0.717) is 0 Å². The van der Waals surface area contributed by atoms with Crippen molar-refractivity contribution in [2.75, 3.05) is 0 Å². The molecule has 0 aliphatic heterocycles. The first kappa shape index (κ1) is 35.6. The molecule has 0 unspecified atom stereocenters. The average Bonchev–Trinajstić information content (AvgIpc) is 3.10. The zero-order valence-electron chi connectivity index (χ0n) is 34.2. The van der Waals surface area contributed by atoms with Gasteiger partial charge in [-0.15, -0.1) is 0 Å². The molecule has 0 saturated heterocycles. The van der Waals surface area contributed by atoms with Gasteiger partial charge in [-0.25, -0.2) is 0 Å². The van der Waals surface area contributed by atoms with Crippen molar-refractivity contribution in [3.63, 3.8) is 0 Å². The summed E-state index contributed by atoms with van der Waals surface area (Å²) in [6.45, 7) is 27.2. The maximum atomic E-state index is 2.49. The van der Waals surface area contributed by atoms with Crippen LogP contribution in [0.25, 0.3) is 76.8 Å². The molecule has 0 bridgehead atoms. The second-order valence-electron chi connectivity index (χ2n) is 16.5. The van der Waals surface area contributed by atoms with Gasteiger partial charge in [-0.3, -0.25) is 0 Å². The quantitative estimate of drug-likeness (QED) is 0.160. The number of benzene rings is 8. The molecule has 8 aromatic rings. The molecule has 268 valence electrons. The van der Waals surface area contributed by atoms with Gasteiger partial charge >= 0.3 is 0 Å². The molecule has 0 N–H and O–H groups in total. The van der Waals surface area contributed by atoms with Crippen LogP contribution in [0.5, 0.6) is 0 Å². The summed E-state index contributed by atoms with van der Waals surface area (Å²) in [5, 5.41) is 7.93. The van der Waals surface area contributed by atoms with Crippen LogP contribution >= 0.6 is 0 Å². The molecule has 0 heterocycles. The van der Waals surface area contributed by atoms with Crippen LogP contribution in [0.2, 0.25) is 0 Å². The molecule has 0 spiro atoms.